The van der Waals surface area contributed by atoms with Gasteiger partial charge in [0, 0.05) is 45.8 Å². The van der Waals surface area contributed by atoms with Crippen LogP contribution in [0.15, 0.2) is 11.3 Å². The van der Waals surface area contributed by atoms with Gasteiger partial charge in [-0.05, 0) is 32.1 Å². The highest BCUT2D eigenvalue weighted by atomic mass is 32.2. The lowest BCUT2D eigenvalue weighted by Gasteiger charge is -2.33. The van der Waals surface area contributed by atoms with Gasteiger partial charge in [-0.25, -0.2) is 18.1 Å². The summed E-state index contributed by atoms with van der Waals surface area (Å²) in [6, 6.07) is 0. The number of piperidine rings is 1. The Balaban J connectivity index is 1.38. The molecule has 1 unspecified atom stereocenters. The van der Waals surface area contributed by atoms with E-state index in [-0.39, 0.29) is 11.9 Å². The molecule has 0 amide bonds. The second-order valence-corrected chi connectivity index (χ2v) is 9.19. The molecule has 3 heterocycles. The number of hydrogen-bond donors (Lipinski definition) is 3. The van der Waals surface area contributed by atoms with Crippen molar-refractivity contribution >= 4 is 16.0 Å². The molecule has 2 saturated heterocycles. The number of ether oxygens (including phenoxy) is 1. The Labute approximate surface area is 166 Å². The summed E-state index contributed by atoms with van der Waals surface area (Å²) in [6.45, 7) is 3.07. The molecule has 2 aliphatic rings. The SMILES string of the molecule is CN=C(NCCS(=O)(=O)NCC1CCCCO1)N1CCC(c2ncn[nH]2)CC1. The zero-order valence-corrected chi connectivity index (χ0v) is 17.2. The van der Waals surface area contributed by atoms with E-state index in [1.807, 2.05) is 0 Å². The van der Waals surface area contributed by atoms with Gasteiger partial charge in [0.1, 0.15) is 12.2 Å². The van der Waals surface area contributed by atoms with Crippen LogP contribution in [0.5, 0.6) is 0 Å². The molecule has 28 heavy (non-hydrogen) atoms. The molecule has 3 N–H and O–H groups in total. The van der Waals surface area contributed by atoms with Gasteiger partial charge in [-0.1, -0.05) is 0 Å². The highest BCUT2D eigenvalue weighted by Gasteiger charge is 2.24. The highest BCUT2D eigenvalue weighted by molar-refractivity contribution is 7.89. The fourth-order valence-electron chi connectivity index (χ4n) is 3.67. The van der Waals surface area contributed by atoms with Crippen molar-refractivity contribution in [1.82, 2.24) is 30.1 Å². The fourth-order valence-corrected chi connectivity index (χ4v) is 4.62. The molecular weight excluding hydrogens is 382 g/mol. The van der Waals surface area contributed by atoms with Crippen LogP contribution in [0, 0.1) is 0 Å². The first kappa shape index (κ1) is 21.0. The normalized spacial score (nSPS) is 22.4. The van der Waals surface area contributed by atoms with Crippen LogP contribution in [-0.2, 0) is 14.8 Å². The Kier molecular flexibility index (Phi) is 7.63. The van der Waals surface area contributed by atoms with Crippen LogP contribution in [0.4, 0.5) is 0 Å². The summed E-state index contributed by atoms with van der Waals surface area (Å²) in [6.07, 6.45) is 6.51. The van der Waals surface area contributed by atoms with Crippen molar-refractivity contribution in [2.75, 3.05) is 45.6 Å². The first-order valence-corrected chi connectivity index (χ1v) is 11.6. The Bertz CT molecular complexity index is 709. The van der Waals surface area contributed by atoms with Crippen LogP contribution in [0.25, 0.3) is 0 Å². The minimum absolute atomic E-state index is 0.00472. The van der Waals surface area contributed by atoms with Crippen molar-refractivity contribution in [3.05, 3.63) is 12.2 Å². The van der Waals surface area contributed by atoms with Crippen molar-refractivity contribution in [1.29, 1.82) is 0 Å². The number of nitrogens with zero attached hydrogens (tertiary/aromatic N) is 4. The van der Waals surface area contributed by atoms with Gasteiger partial charge in [0.2, 0.25) is 10.0 Å². The summed E-state index contributed by atoms with van der Waals surface area (Å²) in [7, 11) is -1.62. The Morgan fingerprint density at radius 2 is 2.18 bits per heavy atom. The number of sulfonamides is 1. The van der Waals surface area contributed by atoms with E-state index in [9.17, 15) is 8.42 Å². The predicted molar refractivity (Wildman–Crippen MR) is 107 cm³/mol. The highest BCUT2D eigenvalue weighted by Crippen LogP contribution is 2.24. The number of aliphatic imine (C=N–C) groups is 1. The molecule has 1 atom stereocenters. The molecule has 2 aliphatic heterocycles. The lowest BCUT2D eigenvalue weighted by atomic mass is 9.96. The molecule has 1 aromatic heterocycles. The van der Waals surface area contributed by atoms with E-state index >= 15 is 0 Å². The first-order valence-electron chi connectivity index (χ1n) is 9.97. The molecule has 10 nitrogen and oxygen atoms in total. The molecule has 0 aromatic carbocycles. The van der Waals surface area contributed by atoms with E-state index in [0.717, 1.165) is 63.6 Å². The summed E-state index contributed by atoms with van der Waals surface area (Å²) in [4.78, 5) is 10.7. The van der Waals surface area contributed by atoms with Crippen molar-refractivity contribution in [3.63, 3.8) is 0 Å². The number of hydrogen-bond acceptors (Lipinski definition) is 6. The average Bonchev–Trinajstić information content (AvgIpc) is 3.26. The maximum Gasteiger partial charge on any atom is 0.213 e. The number of H-pyrrole nitrogens is 1. The third kappa shape index (κ3) is 6.14. The summed E-state index contributed by atoms with van der Waals surface area (Å²) >= 11 is 0. The minimum atomic E-state index is -3.34. The van der Waals surface area contributed by atoms with Gasteiger partial charge in [-0.15, -0.1) is 0 Å². The molecule has 0 aliphatic carbocycles. The molecule has 11 heteroatoms. The van der Waals surface area contributed by atoms with Gasteiger partial charge in [0.05, 0.1) is 11.9 Å². The predicted octanol–water partition coefficient (Wildman–Crippen LogP) is 0.0480. The van der Waals surface area contributed by atoms with Gasteiger partial charge in [-0.3, -0.25) is 10.1 Å². The number of aromatic amines is 1. The van der Waals surface area contributed by atoms with Gasteiger partial charge >= 0.3 is 0 Å². The topological polar surface area (TPSA) is 125 Å². The van der Waals surface area contributed by atoms with E-state index < -0.39 is 10.0 Å². The van der Waals surface area contributed by atoms with Crippen molar-refractivity contribution in [2.24, 2.45) is 4.99 Å². The van der Waals surface area contributed by atoms with Crippen LogP contribution in [-0.4, -0.2) is 86.1 Å². The number of rotatable bonds is 7. The smallest absolute Gasteiger partial charge is 0.213 e. The maximum absolute atomic E-state index is 12.2. The maximum atomic E-state index is 12.2. The van der Waals surface area contributed by atoms with Crippen LogP contribution in [0.3, 0.4) is 0 Å². The van der Waals surface area contributed by atoms with Crippen molar-refractivity contribution < 1.29 is 13.2 Å². The third-order valence-electron chi connectivity index (χ3n) is 5.29. The van der Waals surface area contributed by atoms with Crippen LogP contribution in [0.1, 0.15) is 43.8 Å². The average molecular weight is 414 g/mol. The second kappa shape index (κ2) is 10.2. The number of guanidine groups is 1. The largest absolute Gasteiger partial charge is 0.377 e. The van der Waals surface area contributed by atoms with Crippen LogP contribution in [0.2, 0.25) is 0 Å². The monoisotopic (exact) mass is 413 g/mol. The zero-order chi connectivity index (χ0) is 19.8. The standard InChI is InChI=1S/C17H31N7O3S/c1-18-17(24-8-5-14(6-9-24)16-20-13-21-23-16)19-7-11-28(25,26)22-12-15-4-2-3-10-27-15/h13-15,22H,2-12H2,1H3,(H,18,19)(H,20,21,23). The first-order chi connectivity index (χ1) is 13.6. The van der Waals surface area contributed by atoms with Gasteiger partial charge < -0.3 is 15.0 Å². The summed E-state index contributed by atoms with van der Waals surface area (Å²) in [5, 5.41) is 10.0. The van der Waals surface area contributed by atoms with E-state index in [2.05, 4.69) is 35.1 Å². The van der Waals surface area contributed by atoms with Gasteiger partial charge in [0.25, 0.3) is 0 Å². The van der Waals surface area contributed by atoms with Crippen LogP contribution >= 0.6 is 0 Å². The molecule has 0 radical (unpaired) electrons. The Morgan fingerprint density at radius 1 is 1.36 bits per heavy atom. The minimum Gasteiger partial charge on any atom is -0.377 e. The summed E-state index contributed by atoms with van der Waals surface area (Å²) < 4.78 is 32.7. The van der Waals surface area contributed by atoms with E-state index in [1.54, 1.807) is 7.05 Å². The fraction of sp³-hybridized carbons (Fsp3) is 0.824. The molecule has 158 valence electrons. The molecule has 3 rings (SSSR count). The van der Waals surface area contributed by atoms with Crippen molar-refractivity contribution in [2.45, 2.75) is 44.1 Å². The molecule has 0 bridgehead atoms. The molecular formula is C17H31N7O3S. The third-order valence-corrected chi connectivity index (χ3v) is 6.63. The molecule has 0 spiro atoms. The Hall–Kier alpha value is -1.72. The second-order valence-electron chi connectivity index (χ2n) is 7.26. The van der Waals surface area contributed by atoms with Crippen molar-refractivity contribution in [3.8, 4) is 0 Å². The number of likely N-dealkylation sites (tertiary alicyclic amines) is 1. The zero-order valence-electron chi connectivity index (χ0n) is 16.4. The number of nitrogens with one attached hydrogen (secondary N) is 3. The quantitative estimate of drug-likeness (QED) is 0.426. The van der Waals surface area contributed by atoms with E-state index in [1.165, 1.54) is 6.33 Å². The lowest BCUT2D eigenvalue weighted by Crippen LogP contribution is -2.47. The summed E-state index contributed by atoms with van der Waals surface area (Å²) in [5.74, 6) is 2.06. The van der Waals surface area contributed by atoms with E-state index in [0.29, 0.717) is 19.0 Å². The number of aromatic nitrogens is 3. The van der Waals surface area contributed by atoms with Gasteiger partial charge in [0.15, 0.2) is 5.96 Å². The Morgan fingerprint density at radius 3 is 2.82 bits per heavy atom. The summed E-state index contributed by atoms with van der Waals surface area (Å²) in [5.41, 5.74) is 0. The van der Waals surface area contributed by atoms with E-state index in [4.69, 9.17) is 4.74 Å². The molecule has 2 fully saturated rings. The van der Waals surface area contributed by atoms with Crippen LogP contribution < -0.4 is 10.0 Å². The lowest BCUT2D eigenvalue weighted by molar-refractivity contribution is 0.0200. The molecule has 1 aromatic rings. The van der Waals surface area contributed by atoms with Gasteiger partial charge in [-0.2, -0.15) is 5.10 Å². The molecule has 0 saturated carbocycles.